The number of aliphatic carboxylic acids is 1. The van der Waals surface area contributed by atoms with Gasteiger partial charge in [-0.3, -0.25) is 24.0 Å². The van der Waals surface area contributed by atoms with E-state index in [4.69, 9.17) is 4.74 Å². The fourth-order valence-corrected chi connectivity index (χ4v) is 9.81. The molecule has 5 rings (SSSR count). The molecule has 4 aliphatic carbocycles. The number of hydrogen-bond acceptors (Lipinski definition) is 8. The van der Waals surface area contributed by atoms with Gasteiger partial charge in [0.05, 0.1) is 6.42 Å². The molecule has 51 heavy (non-hydrogen) atoms. The van der Waals surface area contributed by atoms with Crippen LogP contribution in [0, 0.1) is 28.6 Å². The van der Waals surface area contributed by atoms with Crippen molar-refractivity contribution in [2.24, 2.45) is 28.6 Å². The van der Waals surface area contributed by atoms with E-state index in [1.807, 2.05) is 43.3 Å². The molecule has 11 heteroatoms. The van der Waals surface area contributed by atoms with Crippen LogP contribution in [0.25, 0.3) is 0 Å². The maximum Gasteiger partial charge on any atom is 0.326 e. The van der Waals surface area contributed by atoms with Gasteiger partial charge in [-0.05, 0) is 92.6 Å². The number of esters is 1. The zero-order valence-electron chi connectivity index (χ0n) is 30.0. The van der Waals surface area contributed by atoms with Gasteiger partial charge in [-0.1, -0.05) is 56.2 Å². The molecule has 11 nitrogen and oxygen atoms in total. The summed E-state index contributed by atoms with van der Waals surface area (Å²) in [5, 5.41) is 26.6. The van der Waals surface area contributed by atoms with Crippen molar-refractivity contribution in [3.63, 3.8) is 0 Å². The van der Waals surface area contributed by atoms with Crippen molar-refractivity contribution < 1.29 is 43.7 Å². The summed E-state index contributed by atoms with van der Waals surface area (Å²) >= 11 is 0. The lowest BCUT2D eigenvalue weighted by atomic mass is 9.46. The number of carbonyl (C=O) groups excluding carboxylic acids is 5. The van der Waals surface area contributed by atoms with E-state index >= 15 is 0 Å². The number of Topliss-reactive ketones (excluding diaryl/α,β-unsaturated/α-hetero) is 1. The molecule has 0 spiro atoms. The molecule has 3 unspecified atom stereocenters. The minimum atomic E-state index is -1.57. The molecule has 1 aromatic rings. The number of aliphatic hydroxyl groups is 1. The highest BCUT2D eigenvalue weighted by Gasteiger charge is 2.66. The minimum absolute atomic E-state index is 0.000793. The number of amides is 2. The third-order valence-electron chi connectivity index (χ3n) is 12.8. The van der Waals surface area contributed by atoms with Crippen molar-refractivity contribution >= 4 is 35.3 Å². The van der Waals surface area contributed by atoms with E-state index in [9.17, 15) is 39.0 Å². The van der Waals surface area contributed by atoms with Gasteiger partial charge < -0.3 is 25.6 Å². The fourth-order valence-electron chi connectivity index (χ4n) is 9.81. The molecule has 4 N–H and O–H groups in total. The summed E-state index contributed by atoms with van der Waals surface area (Å²) in [6.45, 7) is 4.17. The second-order valence-corrected chi connectivity index (χ2v) is 15.7. The van der Waals surface area contributed by atoms with Crippen molar-refractivity contribution in [3.8, 4) is 0 Å². The molecule has 0 saturated heterocycles. The van der Waals surface area contributed by atoms with Crippen LogP contribution in [0.3, 0.4) is 0 Å². The Morgan fingerprint density at radius 3 is 2.37 bits per heavy atom. The Bertz CT molecular complexity index is 1520. The van der Waals surface area contributed by atoms with Crippen LogP contribution in [0.5, 0.6) is 0 Å². The van der Waals surface area contributed by atoms with Crippen LogP contribution >= 0.6 is 0 Å². The molecular weight excluding hydrogens is 652 g/mol. The van der Waals surface area contributed by atoms with Crippen molar-refractivity contribution in [1.82, 2.24) is 10.6 Å². The molecule has 3 saturated carbocycles. The normalized spacial score (nSPS) is 30.1. The lowest BCUT2D eigenvalue weighted by Gasteiger charge is -2.58. The SMILES string of the molecule is C[C@@]12CCC(=O)C=C1CC[C@H]1C2CC[C@]2(C)C1CC[C@@]2(O)C(=O)COC(=O)CCC(=O)NCCCCCC(=O)NC(Cc1ccccc1)C(=O)O. The lowest BCUT2D eigenvalue weighted by Crippen LogP contribution is -2.58. The Labute approximate surface area is 300 Å². The Balaban J connectivity index is 0.970. The zero-order valence-corrected chi connectivity index (χ0v) is 30.0. The summed E-state index contributed by atoms with van der Waals surface area (Å²) in [7, 11) is 0. The monoisotopic (exact) mass is 706 g/mol. The van der Waals surface area contributed by atoms with Crippen molar-refractivity contribution in [2.45, 2.75) is 122 Å². The Morgan fingerprint density at radius 1 is 0.882 bits per heavy atom. The number of carboxylic acid groups (broad SMARTS) is 1. The van der Waals surface area contributed by atoms with Crippen LogP contribution in [-0.4, -0.2) is 70.3 Å². The van der Waals surface area contributed by atoms with Gasteiger partial charge in [0.25, 0.3) is 0 Å². The van der Waals surface area contributed by atoms with E-state index < -0.39 is 41.4 Å². The first kappa shape index (κ1) is 38.4. The van der Waals surface area contributed by atoms with Gasteiger partial charge in [-0.2, -0.15) is 0 Å². The largest absolute Gasteiger partial charge is 0.480 e. The van der Waals surface area contributed by atoms with E-state index in [1.165, 1.54) is 5.57 Å². The summed E-state index contributed by atoms with van der Waals surface area (Å²) in [5.41, 5.74) is -0.0751. The second kappa shape index (κ2) is 16.2. The minimum Gasteiger partial charge on any atom is -0.480 e. The van der Waals surface area contributed by atoms with E-state index in [0.29, 0.717) is 56.9 Å². The standard InChI is InChI=1S/C40H54N2O9/c1-38-19-16-28(43)24-27(38)12-13-29-30(38)17-20-39(2)31(29)18-21-40(39,50)33(44)25-51-36(47)15-14-34(45)41-22-8-4-7-11-35(46)42-32(37(48)49)23-26-9-5-3-6-10-26/h3,5-6,9-10,24,29-32,50H,4,7-8,11-23,25H2,1-2H3,(H,41,45)(H,42,46)(H,48,49)/t29-,30?,31?,32?,38+,39+,40+/m0/s1. The van der Waals surface area contributed by atoms with Crippen LogP contribution in [0.2, 0.25) is 0 Å². The van der Waals surface area contributed by atoms with Crippen molar-refractivity contribution in [2.75, 3.05) is 13.2 Å². The molecule has 2 amide bonds. The van der Waals surface area contributed by atoms with Gasteiger partial charge in [0.2, 0.25) is 17.6 Å². The number of fused-ring (bicyclic) bond motifs is 5. The van der Waals surface area contributed by atoms with Gasteiger partial charge in [0.1, 0.15) is 11.6 Å². The van der Waals surface area contributed by atoms with Crippen LogP contribution in [0.15, 0.2) is 42.0 Å². The molecular formula is C40H54N2O9. The topological polar surface area (TPSA) is 176 Å². The maximum atomic E-state index is 13.5. The predicted molar refractivity (Wildman–Crippen MR) is 188 cm³/mol. The number of carbonyl (C=O) groups is 6. The molecule has 7 atom stereocenters. The Kier molecular flexibility index (Phi) is 12.2. The van der Waals surface area contributed by atoms with Crippen molar-refractivity contribution in [3.05, 3.63) is 47.5 Å². The first-order chi connectivity index (χ1) is 24.3. The summed E-state index contributed by atoms with van der Waals surface area (Å²) < 4.78 is 5.27. The van der Waals surface area contributed by atoms with E-state index in [2.05, 4.69) is 17.6 Å². The van der Waals surface area contributed by atoms with Gasteiger partial charge in [0.15, 0.2) is 12.4 Å². The molecule has 4 aliphatic rings. The van der Waals surface area contributed by atoms with Crippen LogP contribution < -0.4 is 10.6 Å². The van der Waals surface area contributed by atoms with Gasteiger partial charge in [-0.15, -0.1) is 0 Å². The predicted octanol–water partition coefficient (Wildman–Crippen LogP) is 4.63. The molecule has 0 heterocycles. The third-order valence-corrected chi connectivity index (χ3v) is 12.8. The van der Waals surface area contributed by atoms with Gasteiger partial charge in [0, 0.05) is 37.6 Å². The number of hydrogen-bond donors (Lipinski definition) is 4. The molecule has 3 fully saturated rings. The van der Waals surface area contributed by atoms with Gasteiger partial charge >= 0.3 is 11.9 Å². The lowest BCUT2D eigenvalue weighted by molar-refractivity contribution is -0.170. The number of carboxylic acids is 1. The van der Waals surface area contributed by atoms with E-state index in [-0.39, 0.29) is 54.6 Å². The number of unbranched alkanes of at least 4 members (excludes halogenated alkanes) is 2. The molecule has 0 aromatic heterocycles. The summed E-state index contributed by atoms with van der Waals surface area (Å²) in [4.78, 5) is 74.2. The number of rotatable bonds is 16. The number of benzene rings is 1. The second-order valence-electron chi connectivity index (χ2n) is 15.7. The molecule has 0 aliphatic heterocycles. The highest BCUT2D eigenvalue weighted by molar-refractivity contribution is 5.92. The first-order valence-corrected chi connectivity index (χ1v) is 18.7. The Hall–Kier alpha value is -3.86. The number of ketones is 2. The molecule has 278 valence electrons. The Morgan fingerprint density at radius 2 is 1.63 bits per heavy atom. The molecule has 0 bridgehead atoms. The highest BCUT2D eigenvalue weighted by atomic mass is 16.5. The van der Waals surface area contributed by atoms with Crippen LogP contribution in [0.1, 0.15) is 109 Å². The van der Waals surface area contributed by atoms with E-state index in [1.54, 1.807) is 0 Å². The average molecular weight is 707 g/mol. The average Bonchev–Trinajstić information content (AvgIpc) is 3.39. The van der Waals surface area contributed by atoms with Gasteiger partial charge in [-0.25, -0.2) is 4.79 Å². The molecule has 1 aromatic carbocycles. The third kappa shape index (κ3) is 8.45. The number of ether oxygens (including phenoxy) is 1. The number of allylic oxidation sites excluding steroid dienone is 1. The summed E-state index contributed by atoms with van der Waals surface area (Å²) in [6, 6.07) is 8.09. The summed E-state index contributed by atoms with van der Waals surface area (Å²) in [5.74, 6) is -1.69. The van der Waals surface area contributed by atoms with Crippen molar-refractivity contribution in [1.29, 1.82) is 0 Å². The molecule has 0 radical (unpaired) electrons. The van der Waals surface area contributed by atoms with E-state index in [0.717, 1.165) is 37.7 Å². The number of nitrogens with one attached hydrogen (secondary N) is 2. The van der Waals surface area contributed by atoms with Crippen LogP contribution in [-0.2, 0) is 39.9 Å². The fraction of sp³-hybridized carbons (Fsp3) is 0.650. The summed E-state index contributed by atoms with van der Waals surface area (Å²) in [6.07, 6.45) is 9.75. The maximum absolute atomic E-state index is 13.5. The first-order valence-electron chi connectivity index (χ1n) is 18.7. The van der Waals surface area contributed by atoms with Crippen LogP contribution in [0.4, 0.5) is 0 Å². The quantitative estimate of drug-likeness (QED) is 0.141. The smallest absolute Gasteiger partial charge is 0.326 e. The highest BCUT2D eigenvalue weighted by Crippen LogP contribution is 2.67. The zero-order chi connectivity index (χ0) is 36.8.